The van der Waals surface area contributed by atoms with E-state index in [-0.39, 0.29) is 29.0 Å². The molecular weight excluding hydrogens is 366 g/mol. The van der Waals surface area contributed by atoms with E-state index in [1.165, 1.54) is 19.4 Å². The van der Waals surface area contributed by atoms with Crippen molar-refractivity contribution in [3.63, 3.8) is 0 Å². The van der Waals surface area contributed by atoms with Gasteiger partial charge in [-0.05, 0) is 31.5 Å². The molecule has 1 aromatic heterocycles. The fourth-order valence-corrected chi connectivity index (χ4v) is 4.40. The van der Waals surface area contributed by atoms with Crippen LogP contribution in [0.2, 0.25) is 0 Å². The van der Waals surface area contributed by atoms with E-state index >= 15 is 0 Å². The third-order valence-electron chi connectivity index (χ3n) is 4.05. The number of rotatable bonds is 4. The minimum Gasteiger partial charge on any atom is -0.464 e. The van der Waals surface area contributed by atoms with Crippen molar-refractivity contribution in [1.82, 2.24) is 15.0 Å². The lowest BCUT2D eigenvalue weighted by Crippen LogP contribution is -2.45. The van der Waals surface area contributed by atoms with Crippen LogP contribution in [0.5, 0.6) is 0 Å². The zero-order valence-corrected chi connectivity index (χ0v) is 15.3. The number of sulfonamides is 1. The highest BCUT2D eigenvalue weighted by Gasteiger charge is 2.24. The number of pyridine rings is 1. The van der Waals surface area contributed by atoms with Gasteiger partial charge in [-0.3, -0.25) is 0 Å². The van der Waals surface area contributed by atoms with Crippen molar-refractivity contribution in [1.29, 1.82) is 0 Å². The van der Waals surface area contributed by atoms with Gasteiger partial charge in [-0.2, -0.15) is 0 Å². The molecule has 2 heterocycles. The molecule has 1 unspecified atom stereocenters. The van der Waals surface area contributed by atoms with E-state index < -0.39 is 16.0 Å². The Morgan fingerprint density at radius 1 is 1.32 bits per heavy atom. The molecule has 0 bridgehead atoms. The van der Waals surface area contributed by atoms with E-state index in [1.807, 2.05) is 0 Å². The highest BCUT2D eigenvalue weighted by atomic mass is 35.5. The third-order valence-corrected chi connectivity index (χ3v) is 5.63. The fraction of sp³-hybridized carbons (Fsp3) is 0.375. The first-order valence-electron chi connectivity index (χ1n) is 7.72. The summed E-state index contributed by atoms with van der Waals surface area (Å²) >= 11 is 0. The molecule has 0 amide bonds. The summed E-state index contributed by atoms with van der Waals surface area (Å²) in [6, 6.07) is 6.25. The molecule has 1 saturated heterocycles. The average molecular weight is 386 g/mol. The Morgan fingerprint density at radius 2 is 2.12 bits per heavy atom. The number of methoxy groups -OCH3 is 1. The second kappa shape index (κ2) is 8.09. The van der Waals surface area contributed by atoms with E-state index in [1.54, 1.807) is 18.2 Å². The summed E-state index contributed by atoms with van der Waals surface area (Å²) in [6.07, 6.45) is 3.14. The maximum absolute atomic E-state index is 12.8. The minimum atomic E-state index is -3.71. The molecule has 0 aliphatic carbocycles. The molecule has 2 N–H and O–H groups in total. The number of ether oxygens (including phenoxy) is 1. The Bertz CT molecular complexity index is 867. The van der Waals surface area contributed by atoms with Gasteiger partial charge in [0.05, 0.1) is 12.0 Å². The monoisotopic (exact) mass is 385 g/mol. The predicted octanol–water partition coefficient (Wildman–Crippen LogP) is 1.47. The lowest BCUT2D eigenvalue weighted by atomic mass is 10.1. The average Bonchev–Trinajstić information content (AvgIpc) is 2.60. The molecule has 7 nitrogen and oxygen atoms in total. The Labute approximate surface area is 152 Å². The number of carbonyl (C=O) groups is 1. The number of benzene rings is 1. The molecule has 1 fully saturated rings. The lowest BCUT2D eigenvalue weighted by molar-refractivity contribution is 0.0596. The molecule has 136 valence electrons. The lowest BCUT2D eigenvalue weighted by Gasteiger charge is -2.24. The summed E-state index contributed by atoms with van der Waals surface area (Å²) in [5.41, 5.74) is 0.103. The first-order chi connectivity index (χ1) is 11.5. The number of piperidine rings is 1. The van der Waals surface area contributed by atoms with Gasteiger partial charge in [-0.1, -0.05) is 12.1 Å². The largest absolute Gasteiger partial charge is 0.464 e. The molecular formula is C16H20ClN3O4S. The van der Waals surface area contributed by atoms with E-state index in [4.69, 9.17) is 4.74 Å². The molecule has 1 aliphatic heterocycles. The summed E-state index contributed by atoms with van der Waals surface area (Å²) in [7, 11) is -2.44. The SMILES string of the molecule is COC(=O)c1nccc2c(S(=O)(=O)NC3CCCNC3)cccc12.Cl. The van der Waals surface area contributed by atoms with Crippen LogP contribution in [0.25, 0.3) is 10.8 Å². The maximum Gasteiger partial charge on any atom is 0.357 e. The minimum absolute atomic E-state index is 0. The Balaban J connectivity index is 0.00000225. The summed E-state index contributed by atoms with van der Waals surface area (Å²) in [5.74, 6) is -0.598. The van der Waals surface area contributed by atoms with E-state index in [2.05, 4.69) is 15.0 Å². The predicted molar refractivity (Wildman–Crippen MR) is 96.5 cm³/mol. The zero-order valence-electron chi connectivity index (χ0n) is 13.7. The van der Waals surface area contributed by atoms with E-state index in [0.717, 1.165) is 19.4 Å². The van der Waals surface area contributed by atoms with Crippen LogP contribution in [0.3, 0.4) is 0 Å². The summed E-state index contributed by atoms with van der Waals surface area (Å²) in [5, 5.41) is 4.08. The number of halogens is 1. The van der Waals surface area contributed by atoms with E-state index in [9.17, 15) is 13.2 Å². The molecule has 0 radical (unpaired) electrons. The number of aromatic nitrogens is 1. The topological polar surface area (TPSA) is 97.4 Å². The number of hydrogen-bond donors (Lipinski definition) is 2. The Kier molecular flexibility index (Phi) is 6.34. The standard InChI is InChI=1S/C16H19N3O4S.ClH/c1-23-16(20)15-13-5-2-6-14(12(13)7-9-18-15)24(21,22)19-11-4-3-8-17-10-11;/h2,5-7,9,11,17,19H,3-4,8,10H2,1H3;1H. The zero-order chi connectivity index (χ0) is 17.2. The Hall–Kier alpha value is -1.74. The van der Waals surface area contributed by atoms with Crippen molar-refractivity contribution in [2.45, 2.75) is 23.8 Å². The van der Waals surface area contributed by atoms with Gasteiger partial charge in [0.2, 0.25) is 10.0 Å². The van der Waals surface area contributed by atoms with Gasteiger partial charge in [0, 0.05) is 29.6 Å². The van der Waals surface area contributed by atoms with Gasteiger partial charge in [0.1, 0.15) is 0 Å². The Morgan fingerprint density at radius 3 is 2.80 bits per heavy atom. The van der Waals surface area contributed by atoms with Crippen LogP contribution in [-0.4, -0.2) is 45.6 Å². The van der Waals surface area contributed by atoms with Crippen LogP contribution in [-0.2, 0) is 14.8 Å². The summed E-state index contributed by atoms with van der Waals surface area (Å²) in [6.45, 7) is 1.51. The van der Waals surface area contributed by atoms with Gasteiger partial charge >= 0.3 is 5.97 Å². The smallest absolute Gasteiger partial charge is 0.357 e. The van der Waals surface area contributed by atoms with Gasteiger partial charge in [-0.15, -0.1) is 12.4 Å². The first-order valence-corrected chi connectivity index (χ1v) is 9.20. The van der Waals surface area contributed by atoms with Crippen LogP contribution in [0, 0.1) is 0 Å². The molecule has 9 heteroatoms. The van der Waals surface area contributed by atoms with Crippen molar-refractivity contribution in [3.05, 3.63) is 36.2 Å². The van der Waals surface area contributed by atoms with Crippen molar-refractivity contribution in [2.75, 3.05) is 20.2 Å². The molecule has 1 aliphatic rings. The number of esters is 1. The van der Waals surface area contributed by atoms with Gasteiger partial charge in [-0.25, -0.2) is 22.9 Å². The molecule has 1 aromatic carbocycles. The van der Waals surface area contributed by atoms with Crippen molar-refractivity contribution >= 4 is 39.2 Å². The molecule has 0 saturated carbocycles. The maximum atomic E-state index is 12.8. The second-order valence-corrected chi connectivity index (χ2v) is 7.35. The van der Waals surface area contributed by atoms with Crippen LogP contribution in [0.4, 0.5) is 0 Å². The molecule has 2 aromatic rings. The number of nitrogens with zero attached hydrogens (tertiary/aromatic N) is 1. The summed E-state index contributed by atoms with van der Waals surface area (Å²) in [4.78, 5) is 16.0. The molecule has 0 spiro atoms. The molecule has 1 atom stereocenters. The van der Waals surface area contributed by atoms with Gasteiger partial charge in [0.15, 0.2) is 5.69 Å². The van der Waals surface area contributed by atoms with E-state index in [0.29, 0.717) is 17.3 Å². The number of nitrogens with one attached hydrogen (secondary N) is 2. The number of fused-ring (bicyclic) bond motifs is 1. The van der Waals surface area contributed by atoms with Crippen LogP contribution in [0.1, 0.15) is 23.3 Å². The van der Waals surface area contributed by atoms with Crippen molar-refractivity contribution in [2.24, 2.45) is 0 Å². The number of hydrogen-bond acceptors (Lipinski definition) is 6. The third kappa shape index (κ3) is 4.09. The highest BCUT2D eigenvalue weighted by molar-refractivity contribution is 7.89. The van der Waals surface area contributed by atoms with Crippen LogP contribution >= 0.6 is 12.4 Å². The molecule has 25 heavy (non-hydrogen) atoms. The quantitative estimate of drug-likeness (QED) is 0.773. The first kappa shape index (κ1) is 19.6. The number of carbonyl (C=O) groups excluding carboxylic acids is 1. The second-order valence-electron chi connectivity index (χ2n) is 5.67. The normalized spacial score (nSPS) is 17.7. The van der Waals surface area contributed by atoms with Crippen molar-refractivity contribution < 1.29 is 17.9 Å². The fourth-order valence-electron chi connectivity index (χ4n) is 2.91. The van der Waals surface area contributed by atoms with Gasteiger partial charge < -0.3 is 10.1 Å². The van der Waals surface area contributed by atoms with Crippen LogP contribution < -0.4 is 10.0 Å². The van der Waals surface area contributed by atoms with Crippen molar-refractivity contribution in [3.8, 4) is 0 Å². The molecule has 3 rings (SSSR count). The van der Waals surface area contributed by atoms with Crippen LogP contribution in [0.15, 0.2) is 35.4 Å². The summed E-state index contributed by atoms with van der Waals surface area (Å²) < 4.78 is 33.0. The van der Waals surface area contributed by atoms with Gasteiger partial charge in [0.25, 0.3) is 0 Å². The highest BCUT2D eigenvalue weighted by Crippen LogP contribution is 2.25.